The van der Waals surface area contributed by atoms with Crippen molar-refractivity contribution < 1.29 is 9.15 Å². The summed E-state index contributed by atoms with van der Waals surface area (Å²) in [5.41, 5.74) is -0.239. The predicted octanol–water partition coefficient (Wildman–Crippen LogP) is 0.490. The lowest BCUT2D eigenvalue weighted by atomic mass is 10.2. The molecule has 0 aliphatic carbocycles. The number of rotatable bonds is 1. The maximum atomic E-state index is 11.2. The zero-order valence-electron chi connectivity index (χ0n) is 7.37. The molecule has 0 aliphatic heterocycles. The summed E-state index contributed by atoms with van der Waals surface area (Å²) < 4.78 is 9.72. The van der Waals surface area contributed by atoms with Gasteiger partial charge in [-0.15, -0.1) is 0 Å². The van der Waals surface area contributed by atoms with Crippen molar-refractivity contribution >= 4 is 11.0 Å². The van der Waals surface area contributed by atoms with Crippen LogP contribution in [0.2, 0.25) is 0 Å². The third-order valence-corrected chi connectivity index (χ3v) is 1.85. The van der Waals surface area contributed by atoms with E-state index >= 15 is 0 Å². The zero-order chi connectivity index (χ0) is 10.1. The van der Waals surface area contributed by atoms with Crippen LogP contribution in [0.25, 0.3) is 11.0 Å². The van der Waals surface area contributed by atoms with Gasteiger partial charge in [-0.05, 0) is 12.1 Å². The maximum absolute atomic E-state index is 11.2. The number of H-pyrrole nitrogens is 1. The Kier molecular flexibility index (Phi) is 1.85. The summed E-state index contributed by atoms with van der Waals surface area (Å²) in [6.07, 6.45) is 0. The van der Waals surface area contributed by atoms with E-state index in [-0.39, 0.29) is 5.58 Å². The van der Waals surface area contributed by atoms with Crippen LogP contribution in [0.15, 0.2) is 32.2 Å². The van der Waals surface area contributed by atoms with Crippen LogP contribution in [0, 0.1) is 0 Å². The standard InChI is InChI=1S/C9H7NO4/c1-13-5-2-3-6-7(4-5)14-9(12)10-8(6)11/h2-4H,1H3,(H,10,11,12). The second kappa shape index (κ2) is 3.02. The number of fused-ring (bicyclic) bond motifs is 1. The fraction of sp³-hybridized carbons (Fsp3) is 0.111. The quantitative estimate of drug-likeness (QED) is 0.715. The molecule has 1 N–H and O–H groups in total. The average molecular weight is 193 g/mol. The van der Waals surface area contributed by atoms with Gasteiger partial charge in [0, 0.05) is 6.07 Å². The van der Waals surface area contributed by atoms with Crippen molar-refractivity contribution in [3.8, 4) is 5.75 Å². The highest BCUT2D eigenvalue weighted by atomic mass is 16.5. The summed E-state index contributed by atoms with van der Waals surface area (Å²) in [6.45, 7) is 0. The molecule has 0 bridgehead atoms. The monoisotopic (exact) mass is 193 g/mol. The fourth-order valence-electron chi connectivity index (χ4n) is 1.19. The molecule has 5 nitrogen and oxygen atoms in total. The molecule has 0 aliphatic rings. The van der Waals surface area contributed by atoms with Crippen LogP contribution in [0.5, 0.6) is 5.75 Å². The number of benzene rings is 1. The lowest BCUT2D eigenvalue weighted by molar-refractivity contribution is 0.413. The average Bonchev–Trinajstić information content (AvgIpc) is 2.16. The van der Waals surface area contributed by atoms with Gasteiger partial charge in [-0.3, -0.25) is 9.78 Å². The predicted molar refractivity (Wildman–Crippen MR) is 49.7 cm³/mol. The van der Waals surface area contributed by atoms with E-state index in [0.29, 0.717) is 11.1 Å². The molecule has 0 radical (unpaired) electrons. The Hall–Kier alpha value is -2.04. The van der Waals surface area contributed by atoms with Crippen LogP contribution in [0.3, 0.4) is 0 Å². The van der Waals surface area contributed by atoms with Crippen LogP contribution in [-0.4, -0.2) is 12.1 Å². The first kappa shape index (κ1) is 8.55. The molecular weight excluding hydrogens is 186 g/mol. The summed E-state index contributed by atoms with van der Waals surface area (Å²) in [7, 11) is 1.49. The minimum Gasteiger partial charge on any atom is -0.497 e. The van der Waals surface area contributed by atoms with Crippen molar-refractivity contribution in [2.24, 2.45) is 0 Å². The molecule has 0 spiro atoms. The second-order valence-electron chi connectivity index (χ2n) is 2.71. The highest BCUT2D eigenvalue weighted by Crippen LogP contribution is 2.16. The van der Waals surface area contributed by atoms with Crippen molar-refractivity contribution in [1.29, 1.82) is 0 Å². The van der Waals surface area contributed by atoms with E-state index in [4.69, 9.17) is 9.15 Å². The van der Waals surface area contributed by atoms with Gasteiger partial charge >= 0.3 is 5.76 Å². The Labute approximate surface area is 77.9 Å². The minimum absolute atomic E-state index is 0.220. The first-order chi connectivity index (χ1) is 6.70. The van der Waals surface area contributed by atoms with Gasteiger partial charge in [0.15, 0.2) is 0 Å². The third kappa shape index (κ3) is 1.28. The SMILES string of the molecule is COc1ccc2c(=O)[nH]c(=O)oc2c1. The van der Waals surface area contributed by atoms with Gasteiger partial charge in [-0.1, -0.05) is 0 Å². The topological polar surface area (TPSA) is 72.3 Å². The van der Waals surface area contributed by atoms with E-state index in [9.17, 15) is 9.59 Å². The summed E-state index contributed by atoms with van der Waals surface area (Å²) in [4.78, 5) is 24.1. The molecule has 2 aromatic rings. The number of methoxy groups -OCH3 is 1. The Morgan fingerprint density at radius 3 is 2.86 bits per heavy atom. The first-order valence-corrected chi connectivity index (χ1v) is 3.92. The number of nitrogens with one attached hydrogen (secondary N) is 1. The van der Waals surface area contributed by atoms with E-state index in [1.165, 1.54) is 19.2 Å². The number of aromatic nitrogens is 1. The van der Waals surface area contributed by atoms with E-state index in [1.807, 2.05) is 4.98 Å². The Morgan fingerprint density at radius 1 is 1.36 bits per heavy atom. The minimum atomic E-state index is -0.768. The van der Waals surface area contributed by atoms with Gasteiger partial charge in [-0.25, -0.2) is 4.79 Å². The van der Waals surface area contributed by atoms with E-state index in [1.54, 1.807) is 6.07 Å². The molecule has 1 aromatic heterocycles. The van der Waals surface area contributed by atoms with Crippen LogP contribution < -0.4 is 16.1 Å². The van der Waals surface area contributed by atoms with Gasteiger partial charge < -0.3 is 9.15 Å². The first-order valence-electron chi connectivity index (χ1n) is 3.92. The third-order valence-electron chi connectivity index (χ3n) is 1.85. The molecule has 1 aromatic carbocycles. The summed E-state index contributed by atoms with van der Waals surface area (Å²) in [6, 6.07) is 4.65. The van der Waals surface area contributed by atoms with Crippen LogP contribution >= 0.6 is 0 Å². The van der Waals surface area contributed by atoms with Gasteiger partial charge in [-0.2, -0.15) is 0 Å². The van der Waals surface area contributed by atoms with Gasteiger partial charge in [0.1, 0.15) is 11.3 Å². The second-order valence-corrected chi connectivity index (χ2v) is 2.71. The maximum Gasteiger partial charge on any atom is 0.419 e. The van der Waals surface area contributed by atoms with Crippen LogP contribution in [0.1, 0.15) is 0 Å². The van der Waals surface area contributed by atoms with E-state index < -0.39 is 11.3 Å². The zero-order valence-corrected chi connectivity index (χ0v) is 7.37. The molecule has 5 heteroatoms. The van der Waals surface area contributed by atoms with Gasteiger partial charge in [0.25, 0.3) is 5.56 Å². The van der Waals surface area contributed by atoms with Crippen molar-refractivity contribution in [3.63, 3.8) is 0 Å². The lowest BCUT2D eigenvalue weighted by Gasteiger charge is -1.99. The molecule has 0 atom stereocenters. The van der Waals surface area contributed by atoms with Gasteiger partial charge in [0.2, 0.25) is 0 Å². The normalized spacial score (nSPS) is 10.4. The van der Waals surface area contributed by atoms with Crippen LogP contribution in [0.4, 0.5) is 0 Å². The molecule has 14 heavy (non-hydrogen) atoms. The molecular formula is C9H7NO4. The summed E-state index contributed by atoms with van der Waals surface area (Å²) >= 11 is 0. The summed E-state index contributed by atoms with van der Waals surface area (Å²) in [5, 5.41) is 0.324. The summed E-state index contributed by atoms with van der Waals surface area (Å²) in [5.74, 6) is -0.234. The Morgan fingerprint density at radius 2 is 2.14 bits per heavy atom. The van der Waals surface area contributed by atoms with E-state index in [2.05, 4.69) is 0 Å². The molecule has 0 unspecified atom stereocenters. The van der Waals surface area contributed by atoms with E-state index in [0.717, 1.165) is 0 Å². The van der Waals surface area contributed by atoms with Crippen molar-refractivity contribution in [1.82, 2.24) is 4.98 Å². The lowest BCUT2D eigenvalue weighted by Crippen LogP contribution is -2.17. The molecule has 0 fully saturated rings. The Bertz CT molecular complexity index is 581. The molecule has 0 saturated carbocycles. The highest BCUT2D eigenvalue weighted by molar-refractivity contribution is 5.76. The molecule has 0 amide bonds. The molecule has 0 saturated heterocycles. The molecule has 2 rings (SSSR count). The fourth-order valence-corrected chi connectivity index (χ4v) is 1.19. The number of ether oxygens (including phenoxy) is 1. The number of hydrogen-bond acceptors (Lipinski definition) is 4. The Balaban J connectivity index is 2.89. The highest BCUT2D eigenvalue weighted by Gasteiger charge is 2.03. The van der Waals surface area contributed by atoms with Crippen LogP contribution in [-0.2, 0) is 0 Å². The molecule has 1 heterocycles. The van der Waals surface area contributed by atoms with Crippen molar-refractivity contribution in [3.05, 3.63) is 39.1 Å². The van der Waals surface area contributed by atoms with Gasteiger partial charge in [0.05, 0.1) is 12.5 Å². The number of hydrogen-bond donors (Lipinski definition) is 1. The van der Waals surface area contributed by atoms with Crippen molar-refractivity contribution in [2.75, 3.05) is 7.11 Å². The number of aromatic amines is 1. The molecule has 72 valence electrons. The smallest absolute Gasteiger partial charge is 0.419 e. The largest absolute Gasteiger partial charge is 0.497 e. The van der Waals surface area contributed by atoms with Crippen molar-refractivity contribution in [2.45, 2.75) is 0 Å².